The molecule has 0 bridgehead atoms. The van der Waals surface area contributed by atoms with Crippen molar-refractivity contribution in [3.8, 4) is 0 Å². The van der Waals surface area contributed by atoms with Crippen LogP contribution in [0.1, 0.15) is 19.8 Å². The third-order valence-electron chi connectivity index (χ3n) is 3.18. The lowest BCUT2D eigenvalue weighted by Gasteiger charge is -2.28. The van der Waals surface area contributed by atoms with Gasteiger partial charge < -0.3 is 5.32 Å². The van der Waals surface area contributed by atoms with Crippen LogP contribution in [-0.4, -0.2) is 13.1 Å². The first-order valence-corrected chi connectivity index (χ1v) is 4.84. The Balaban J connectivity index is 2.20. The second-order valence-electron chi connectivity index (χ2n) is 4.23. The van der Waals surface area contributed by atoms with Gasteiger partial charge in [0.25, 0.3) is 0 Å². The predicted molar refractivity (Wildman–Crippen MR) is 52.0 cm³/mol. The minimum absolute atomic E-state index is 0.480. The summed E-state index contributed by atoms with van der Waals surface area (Å²) in [6.07, 6.45) is 11.6. The lowest BCUT2D eigenvalue weighted by Crippen LogP contribution is -2.24. The van der Waals surface area contributed by atoms with Crippen molar-refractivity contribution in [3.05, 3.63) is 24.3 Å². The number of fused-ring (bicyclic) bond motifs is 1. The van der Waals surface area contributed by atoms with Crippen molar-refractivity contribution in [2.75, 3.05) is 13.1 Å². The number of allylic oxidation sites excluding steroid dienone is 3. The van der Waals surface area contributed by atoms with Crippen LogP contribution in [0.25, 0.3) is 0 Å². The van der Waals surface area contributed by atoms with Gasteiger partial charge in [0.05, 0.1) is 0 Å². The van der Waals surface area contributed by atoms with E-state index < -0.39 is 0 Å². The zero-order valence-electron chi connectivity index (χ0n) is 7.72. The Hall–Kier alpha value is -0.560. The summed E-state index contributed by atoms with van der Waals surface area (Å²) in [4.78, 5) is 0. The minimum Gasteiger partial charge on any atom is -0.316 e. The van der Waals surface area contributed by atoms with Crippen molar-refractivity contribution >= 4 is 0 Å². The van der Waals surface area contributed by atoms with Crippen LogP contribution >= 0.6 is 0 Å². The fourth-order valence-corrected chi connectivity index (χ4v) is 2.18. The molecule has 1 heterocycles. The maximum Gasteiger partial charge on any atom is 0.00202 e. The quantitative estimate of drug-likeness (QED) is 0.539. The Bertz CT molecular complexity index is 217. The Labute approximate surface area is 74.5 Å². The maximum absolute atomic E-state index is 3.48. The summed E-state index contributed by atoms with van der Waals surface area (Å²) >= 11 is 0. The molecule has 0 aromatic carbocycles. The van der Waals surface area contributed by atoms with Gasteiger partial charge in [0.15, 0.2) is 0 Å². The molecule has 1 N–H and O–H groups in total. The topological polar surface area (TPSA) is 12.0 Å². The molecule has 0 spiro atoms. The Morgan fingerprint density at radius 2 is 2.25 bits per heavy atom. The second kappa shape index (κ2) is 3.06. The van der Waals surface area contributed by atoms with Crippen LogP contribution in [0.2, 0.25) is 0 Å². The van der Waals surface area contributed by atoms with Crippen LogP contribution in [0.3, 0.4) is 0 Å². The van der Waals surface area contributed by atoms with Crippen LogP contribution in [0.4, 0.5) is 0 Å². The summed E-state index contributed by atoms with van der Waals surface area (Å²) in [6.45, 7) is 4.73. The van der Waals surface area contributed by atoms with Crippen molar-refractivity contribution < 1.29 is 0 Å². The minimum atomic E-state index is 0.480. The Morgan fingerprint density at radius 1 is 1.33 bits per heavy atom. The normalized spacial score (nSPS) is 45.9. The van der Waals surface area contributed by atoms with Crippen LogP contribution in [0.15, 0.2) is 24.3 Å². The highest BCUT2D eigenvalue weighted by Gasteiger charge is 2.35. The van der Waals surface area contributed by atoms with Gasteiger partial charge in [-0.05, 0) is 24.2 Å². The molecule has 2 rings (SSSR count). The fraction of sp³-hybridized carbons (Fsp3) is 0.636. The van der Waals surface area contributed by atoms with E-state index in [9.17, 15) is 0 Å². The van der Waals surface area contributed by atoms with Gasteiger partial charge in [-0.2, -0.15) is 0 Å². The molecule has 12 heavy (non-hydrogen) atoms. The maximum atomic E-state index is 3.48. The van der Waals surface area contributed by atoms with Crippen molar-refractivity contribution in [2.24, 2.45) is 11.3 Å². The first kappa shape index (κ1) is 8.06. The third-order valence-corrected chi connectivity index (χ3v) is 3.18. The molecular formula is C11H17N. The van der Waals surface area contributed by atoms with Crippen LogP contribution in [-0.2, 0) is 0 Å². The molecule has 1 nitrogen and oxygen atoms in total. The smallest absolute Gasteiger partial charge is 0.00202 e. The van der Waals surface area contributed by atoms with Gasteiger partial charge in [-0.25, -0.2) is 0 Å². The first-order chi connectivity index (χ1) is 5.81. The zero-order valence-corrected chi connectivity index (χ0v) is 7.72. The summed E-state index contributed by atoms with van der Waals surface area (Å²) in [6, 6.07) is 0. The number of hydrogen-bond donors (Lipinski definition) is 1. The van der Waals surface area contributed by atoms with Crippen LogP contribution in [0, 0.1) is 11.3 Å². The molecule has 1 aliphatic carbocycles. The van der Waals surface area contributed by atoms with Crippen LogP contribution < -0.4 is 5.32 Å². The molecule has 1 heteroatoms. The molecule has 2 aliphatic rings. The van der Waals surface area contributed by atoms with Gasteiger partial charge in [0, 0.05) is 13.1 Å². The largest absolute Gasteiger partial charge is 0.316 e. The zero-order chi connectivity index (χ0) is 8.44. The molecular weight excluding hydrogens is 146 g/mol. The van der Waals surface area contributed by atoms with Gasteiger partial charge in [-0.3, -0.25) is 0 Å². The van der Waals surface area contributed by atoms with E-state index in [4.69, 9.17) is 0 Å². The molecule has 0 amide bonds. The molecule has 0 radical (unpaired) electrons. The summed E-state index contributed by atoms with van der Waals surface area (Å²) in [5.74, 6) is 0.752. The van der Waals surface area contributed by atoms with Gasteiger partial charge >= 0.3 is 0 Å². The van der Waals surface area contributed by atoms with E-state index >= 15 is 0 Å². The summed E-state index contributed by atoms with van der Waals surface area (Å²) in [5.41, 5.74) is 0.480. The SMILES string of the molecule is C[C@@]12C/C=C\C/C=C\[C@@H]1CNC2. The van der Waals surface area contributed by atoms with Crippen molar-refractivity contribution in [3.63, 3.8) is 0 Å². The number of rotatable bonds is 0. The molecule has 1 fully saturated rings. The Morgan fingerprint density at radius 3 is 3.17 bits per heavy atom. The van der Waals surface area contributed by atoms with Crippen molar-refractivity contribution in [2.45, 2.75) is 19.8 Å². The van der Waals surface area contributed by atoms with E-state index in [1.165, 1.54) is 19.5 Å². The molecule has 2 atom stereocenters. The highest BCUT2D eigenvalue weighted by molar-refractivity contribution is 5.09. The molecule has 0 unspecified atom stereocenters. The predicted octanol–water partition coefficient (Wildman–Crippen LogP) is 2.12. The number of hydrogen-bond acceptors (Lipinski definition) is 1. The summed E-state index contributed by atoms with van der Waals surface area (Å²) < 4.78 is 0. The van der Waals surface area contributed by atoms with Gasteiger partial charge in [-0.1, -0.05) is 31.2 Å². The van der Waals surface area contributed by atoms with E-state index in [1.807, 2.05) is 0 Å². The lowest BCUT2D eigenvalue weighted by molar-refractivity contribution is 0.303. The van der Waals surface area contributed by atoms with Crippen molar-refractivity contribution in [1.29, 1.82) is 0 Å². The van der Waals surface area contributed by atoms with Gasteiger partial charge in [0.2, 0.25) is 0 Å². The number of nitrogens with one attached hydrogen (secondary N) is 1. The molecule has 1 aliphatic heterocycles. The average Bonchev–Trinajstić information content (AvgIpc) is 2.34. The van der Waals surface area contributed by atoms with E-state index in [0.717, 1.165) is 12.3 Å². The van der Waals surface area contributed by atoms with Gasteiger partial charge in [0.1, 0.15) is 0 Å². The standard InChI is InChI=1S/C11H17N/c1-11-7-5-3-2-4-6-10(11)8-12-9-11/h3-6,10,12H,2,7-9H2,1H3/b5-3-,6-4-/t10-,11+/m1/s1. The third kappa shape index (κ3) is 1.34. The molecule has 66 valence electrons. The van der Waals surface area contributed by atoms with E-state index in [1.54, 1.807) is 0 Å². The molecule has 0 aromatic heterocycles. The van der Waals surface area contributed by atoms with E-state index in [2.05, 4.69) is 36.5 Å². The second-order valence-corrected chi connectivity index (χ2v) is 4.23. The van der Waals surface area contributed by atoms with Crippen LogP contribution in [0.5, 0.6) is 0 Å². The lowest BCUT2D eigenvalue weighted by atomic mass is 9.76. The molecule has 1 saturated heterocycles. The van der Waals surface area contributed by atoms with E-state index in [-0.39, 0.29) is 0 Å². The van der Waals surface area contributed by atoms with Crippen molar-refractivity contribution in [1.82, 2.24) is 5.32 Å². The molecule has 0 saturated carbocycles. The highest BCUT2D eigenvalue weighted by Crippen LogP contribution is 2.36. The first-order valence-electron chi connectivity index (χ1n) is 4.84. The molecule has 0 aromatic rings. The highest BCUT2D eigenvalue weighted by atomic mass is 14.9. The Kier molecular flexibility index (Phi) is 2.05. The monoisotopic (exact) mass is 163 g/mol. The summed E-state index contributed by atoms with van der Waals surface area (Å²) in [5, 5.41) is 3.48. The summed E-state index contributed by atoms with van der Waals surface area (Å²) in [7, 11) is 0. The van der Waals surface area contributed by atoms with Gasteiger partial charge in [-0.15, -0.1) is 0 Å². The average molecular weight is 163 g/mol. The van der Waals surface area contributed by atoms with E-state index in [0.29, 0.717) is 5.41 Å². The fourth-order valence-electron chi connectivity index (χ4n) is 2.18.